The van der Waals surface area contributed by atoms with Gasteiger partial charge in [-0.3, -0.25) is 5.32 Å². The van der Waals surface area contributed by atoms with Crippen LogP contribution in [0.15, 0.2) is 29.4 Å². The third-order valence-corrected chi connectivity index (χ3v) is 3.57. The number of anilines is 1. The summed E-state index contributed by atoms with van der Waals surface area (Å²) < 4.78 is 35.3. The van der Waals surface area contributed by atoms with Crippen molar-refractivity contribution < 1.29 is 22.7 Å². The van der Waals surface area contributed by atoms with E-state index < -0.39 is 16.1 Å². The van der Waals surface area contributed by atoms with E-state index >= 15 is 0 Å². The van der Waals surface area contributed by atoms with Crippen LogP contribution in [-0.4, -0.2) is 48.6 Å². The highest BCUT2D eigenvalue weighted by atomic mass is 32.2. The molecule has 0 saturated heterocycles. The summed E-state index contributed by atoms with van der Waals surface area (Å²) in [7, 11) is -1.50. The molecule has 122 valence electrons. The molecule has 11 nitrogen and oxygen atoms in total. The molecule has 0 aromatic carbocycles. The first kappa shape index (κ1) is 16.4. The molecule has 0 bridgehead atoms. The minimum Gasteiger partial charge on any atom is -0.467 e. The maximum Gasteiger partial charge on any atom is 0.335 e. The monoisotopic (exact) mass is 340 g/mol. The molecular formula is C11H12N6O5S. The molecule has 2 heterocycles. The van der Waals surface area contributed by atoms with Crippen LogP contribution in [0.3, 0.4) is 0 Å². The fourth-order valence-electron chi connectivity index (χ4n) is 1.38. The molecule has 12 heteroatoms. The van der Waals surface area contributed by atoms with Gasteiger partial charge in [0.1, 0.15) is 0 Å². The Morgan fingerprint density at radius 2 is 1.74 bits per heavy atom. The summed E-state index contributed by atoms with van der Waals surface area (Å²) in [6.45, 7) is 0. The average Bonchev–Trinajstić information content (AvgIpc) is 2.54. The summed E-state index contributed by atoms with van der Waals surface area (Å²) in [5.41, 5.74) is 0. The third-order valence-electron chi connectivity index (χ3n) is 2.33. The second-order valence-corrected chi connectivity index (χ2v) is 5.49. The molecule has 0 saturated carbocycles. The number of hydrogen-bond donors (Lipinski definition) is 2. The van der Waals surface area contributed by atoms with Gasteiger partial charge in [-0.1, -0.05) is 6.07 Å². The van der Waals surface area contributed by atoms with Crippen molar-refractivity contribution in [3.63, 3.8) is 0 Å². The first-order valence-electron chi connectivity index (χ1n) is 6.03. The molecule has 2 aromatic heterocycles. The standard InChI is InChI=1S/C11H12N6O5S/c1-21-10-14-8(15-11(16-10)22-2)13-9(18)17-23(19,20)7-5-3-4-6-12-7/h3-6H,1-2H3,(H2,13,14,15,16,17,18). The zero-order valence-electron chi connectivity index (χ0n) is 12.0. The van der Waals surface area contributed by atoms with Gasteiger partial charge in [0.25, 0.3) is 10.0 Å². The number of hydrogen-bond acceptors (Lipinski definition) is 9. The van der Waals surface area contributed by atoms with Crippen molar-refractivity contribution in [2.75, 3.05) is 19.5 Å². The number of aromatic nitrogens is 4. The number of pyridine rings is 1. The zero-order valence-corrected chi connectivity index (χ0v) is 12.9. The van der Waals surface area contributed by atoms with Crippen LogP contribution in [0, 0.1) is 0 Å². The summed E-state index contributed by atoms with van der Waals surface area (Å²) in [6.07, 6.45) is 1.29. The summed E-state index contributed by atoms with van der Waals surface area (Å²) in [5, 5.41) is 1.83. The van der Waals surface area contributed by atoms with Crippen LogP contribution in [0.25, 0.3) is 0 Å². The average molecular weight is 340 g/mol. The smallest absolute Gasteiger partial charge is 0.335 e. The fourth-order valence-corrected chi connectivity index (χ4v) is 2.24. The van der Waals surface area contributed by atoms with Gasteiger partial charge in [0.05, 0.1) is 14.2 Å². The van der Waals surface area contributed by atoms with E-state index in [4.69, 9.17) is 9.47 Å². The Bertz CT molecular complexity index is 776. The van der Waals surface area contributed by atoms with Gasteiger partial charge in [0.2, 0.25) is 5.95 Å². The molecule has 0 radical (unpaired) electrons. The van der Waals surface area contributed by atoms with E-state index in [0.717, 1.165) is 0 Å². The minimum atomic E-state index is -4.12. The molecule has 0 aliphatic rings. The van der Waals surface area contributed by atoms with E-state index in [-0.39, 0.29) is 23.0 Å². The van der Waals surface area contributed by atoms with Gasteiger partial charge in [-0.2, -0.15) is 18.4 Å². The van der Waals surface area contributed by atoms with Gasteiger partial charge < -0.3 is 9.47 Å². The van der Waals surface area contributed by atoms with Gasteiger partial charge in [0, 0.05) is 6.20 Å². The van der Waals surface area contributed by atoms with Crippen molar-refractivity contribution in [3.05, 3.63) is 24.4 Å². The highest BCUT2D eigenvalue weighted by molar-refractivity contribution is 7.90. The lowest BCUT2D eigenvalue weighted by Gasteiger charge is -2.08. The number of methoxy groups -OCH3 is 2. The number of nitrogens with one attached hydrogen (secondary N) is 2. The first-order valence-corrected chi connectivity index (χ1v) is 7.52. The van der Waals surface area contributed by atoms with Crippen molar-refractivity contribution in [3.8, 4) is 12.0 Å². The molecule has 0 spiro atoms. The lowest BCUT2D eigenvalue weighted by molar-refractivity contribution is 0.256. The molecule has 0 atom stereocenters. The van der Waals surface area contributed by atoms with Crippen molar-refractivity contribution in [2.45, 2.75) is 5.03 Å². The number of sulfonamides is 1. The molecule has 0 aliphatic heterocycles. The van der Waals surface area contributed by atoms with Crippen molar-refractivity contribution in [2.24, 2.45) is 0 Å². The molecular weight excluding hydrogens is 328 g/mol. The van der Waals surface area contributed by atoms with Crippen LogP contribution >= 0.6 is 0 Å². The maximum absolute atomic E-state index is 11.9. The van der Waals surface area contributed by atoms with E-state index in [1.807, 2.05) is 0 Å². The Morgan fingerprint density at radius 1 is 1.09 bits per heavy atom. The van der Waals surface area contributed by atoms with Gasteiger partial charge in [0.15, 0.2) is 5.03 Å². The van der Waals surface area contributed by atoms with E-state index in [1.165, 1.54) is 32.5 Å². The summed E-state index contributed by atoms with van der Waals surface area (Å²) in [6, 6.07) is 2.96. The van der Waals surface area contributed by atoms with Crippen LogP contribution in [0.5, 0.6) is 12.0 Å². The minimum absolute atomic E-state index is 0.111. The SMILES string of the molecule is COc1nc(NC(=O)NS(=O)(=O)c2ccccn2)nc(OC)n1. The van der Waals surface area contributed by atoms with Gasteiger partial charge >= 0.3 is 18.1 Å². The molecule has 2 amide bonds. The van der Waals surface area contributed by atoms with E-state index in [2.05, 4.69) is 25.3 Å². The molecule has 0 fully saturated rings. The zero-order chi connectivity index (χ0) is 16.9. The summed E-state index contributed by atoms with van der Waals surface area (Å²) >= 11 is 0. The molecule has 2 aromatic rings. The van der Waals surface area contributed by atoms with Crippen LogP contribution in [0.4, 0.5) is 10.7 Å². The van der Waals surface area contributed by atoms with Gasteiger partial charge in [-0.05, 0) is 12.1 Å². The van der Waals surface area contributed by atoms with E-state index in [0.29, 0.717) is 0 Å². The maximum atomic E-state index is 11.9. The van der Waals surface area contributed by atoms with E-state index in [1.54, 1.807) is 10.8 Å². The number of carbonyl (C=O) groups is 1. The van der Waals surface area contributed by atoms with Crippen molar-refractivity contribution in [1.82, 2.24) is 24.7 Å². The lowest BCUT2D eigenvalue weighted by Crippen LogP contribution is -2.35. The highest BCUT2D eigenvalue weighted by Crippen LogP contribution is 2.12. The number of carbonyl (C=O) groups excluding carboxylic acids is 1. The van der Waals surface area contributed by atoms with Crippen LogP contribution < -0.4 is 19.5 Å². The third kappa shape index (κ3) is 4.23. The Kier molecular flexibility index (Phi) is 4.85. The number of amides is 2. The largest absolute Gasteiger partial charge is 0.467 e. The normalized spacial score (nSPS) is 10.7. The van der Waals surface area contributed by atoms with Crippen molar-refractivity contribution in [1.29, 1.82) is 0 Å². The number of urea groups is 1. The first-order chi connectivity index (χ1) is 10.9. The predicted molar refractivity (Wildman–Crippen MR) is 76.5 cm³/mol. The van der Waals surface area contributed by atoms with Gasteiger partial charge in [-0.15, -0.1) is 4.98 Å². The molecule has 0 unspecified atom stereocenters. The second kappa shape index (κ2) is 6.83. The van der Waals surface area contributed by atoms with Crippen LogP contribution in [0.1, 0.15) is 0 Å². The van der Waals surface area contributed by atoms with E-state index in [9.17, 15) is 13.2 Å². The Labute approximate surface area is 131 Å². The lowest BCUT2D eigenvalue weighted by atomic mass is 10.5. The predicted octanol–water partition coefficient (Wildman–Crippen LogP) is -0.206. The Balaban J connectivity index is 2.14. The molecule has 2 N–H and O–H groups in total. The number of ether oxygens (including phenoxy) is 2. The quantitative estimate of drug-likeness (QED) is 0.755. The highest BCUT2D eigenvalue weighted by Gasteiger charge is 2.19. The summed E-state index contributed by atoms with van der Waals surface area (Å²) in [4.78, 5) is 26.6. The van der Waals surface area contributed by atoms with Crippen LogP contribution in [0.2, 0.25) is 0 Å². The summed E-state index contributed by atoms with van der Waals surface area (Å²) in [5.74, 6) is -0.248. The Morgan fingerprint density at radius 3 is 2.26 bits per heavy atom. The Hall–Kier alpha value is -3.02. The number of nitrogens with zero attached hydrogens (tertiary/aromatic N) is 4. The molecule has 0 aliphatic carbocycles. The molecule has 23 heavy (non-hydrogen) atoms. The van der Waals surface area contributed by atoms with Crippen LogP contribution in [-0.2, 0) is 10.0 Å². The number of rotatable bonds is 5. The second-order valence-electron chi connectivity index (χ2n) is 3.86. The van der Waals surface area contributed by atoms with Crippen molar-refractivity contribution >= 4 is 22.0 Å². The topological polar surface area (TPSA) is 145 Å². The molecule has 2 rings (SSSR count). The van der Waals surface area contributed by atoms with Gasteiger partial charge in [-0.25, -0.2) is 14.5 Å². The fraction of sp³-hybridized carbons (Fsp3) is 0.182.